The molecule has 0 saturated heterocycles. The minimum absolute atomic E-state index is 0.115. The molecule has 0 amide bonds. The summed E-state index contributed by atoms with van der Waals surface area (Å²) < 4.78 is 27.8. The summed E-state index contributed by atoms with van der Waals surface area (Å²) in [4.78, 5) is 0. The van der Waals surface area contributed by atoms with E-state index in [1.54, 1.807) is 25.1 Å². The number of halogens is 4. The van der Waals surface area contributed by atoms with Crippen LogP contribution in [0, 0.1) is 18.6 Å². The first-order valence-electron chi connectivity index (χ1n) is 6.04. The predicted octanol–water partition coefficient (Wildman–Crippen LogP) is 4.82. The lowest BCUT2D eigenvalue weighted by atomic mass is 9.97. The maximum absolute atomic E-state index is 14.0. The van der Waals surface area contributed by atoms with E-state index in [0.29, 0.717) is 21.2 Å². The van der Waals surface area contributed by atoms with Crippen LogP contribution in [0.15, 0.2) is 30.3 Å². The molecule has 1 atom stereocenters. The zero-order valence-corrected chi connectivity index (χ0v) is 12.3. The van der Waals surface area contributed by atoms with Crippen LogP contribution in [-0.2, 0) is 6.42 Å². The van der Waals surface area contributed by atoms with E-state index < -0.39 is 17.7 Å². The third-order valence-electron chi connectivity index (χ3n) is 3.15. The fraction of sp³-hybridized carbons (Fsp3) is 0.200. The molecule has 0 radical (unpaired) electrons. The smallest absolute Gasteiger partial charge is 0.133 e. The Kier molecular flexibility index (Phi) is 4.63. The maximum atomic E-state index is 14.0. The Bertz CT molecular complexity index is 644. The SMILES string of the molecule is Cc1ccc(F)c(C(N)Cc2ccc(Cl)cc2Cl)c1F. The number of hydrogen-bond donors (Lipinski definition) is 1. The minimum Gasteiger partial charge on any atom is -0.323 e. The van der Waals surface area contributed by atoms with Gasteiger partial charge in [-0.1, -0.05) is 35.3 Å². The van der Waals surface area contributed by atoms with E-state index in [-0.39, 0.29) is 12.0 Å². The molecule has 0 saturated carbocycles. The van der Waals surface area contributed by atoms with Crippen molar-refractivity contribution in [2.24, 2.45) is 5.73 Å². The Hall–Kier alpha value is -1.16. The van der Waals surface area contributed by atoms with Crippen molar-refractivity contribution in [1.29, 1.82) is 0 Å². The van der Waals surface area contributed by atoms with Gasteiger partial charge in [0.05, 0.1) is 0 Å². The van der Waals surface area contributed by atoms with E-state index in [2.05, 4.69) is 0 Å². The van der Waals surface area contributed by atoms with Gasteiger partial charge in [-0.05, 0) is 42.7 Å². The first-order chi connectivity index (χ1) is 9.40. The molecule has 2 rings (SSSR count). The van der Waals surface area contributed by atoms with Gasteiger partial charge in [0.1, 0.15) is 11.6 Å². The summed E-state index contributed by atoms with van der Waals surface area (Å²) in [5.41, 5.74) is 6.88. The molecule has 2 aromatic rings. The standard InChI is InChI=1S/C15H13Cl2F2N/c1-8-2-5-12(18)14(15(8)19)13(20)6-9-3-4-10(16)7-11(9)17/h2-5,7,13H,6,20H2,1H3. The molecule has 2 aromatic carbocycles. The Morgan fingerprint density at radius 1 is 1.15 bits per heavy atom. The minimum atomic E-state index is -0.812. The summed E-state index contributed by atoms with van der Waals surface area (Å²) in [6.45, 7) is 1.57. The largest absolute Gasteiger partial charge is 0.323 e. The van der Waals surface area contributed by atoms with Crippen LogP contribution in [0.5, 0.6) is 0 Å². The molecule has 20 heavy (non-hydrogen) atoms. The first-order valence-corrected chi connectivity index (χ1v) is 6.79. The predicted molar refractivity (Wildman–Crippen MR) is 78.2 cm³/mol. The molecule has 0 aliphatic carbocycles. The van der Waals surface area contributed by atoms with Crippen LogP contribution in [-0.4, -0.2) is 0 Å². The molecule has 106 valence electrons. The summed E-state index contributed by atoms with van der Waals surface area (Å²) in [6.07, 6.45) is 0.229. The molecule has 0 aromatic heterocycles. The summed E-state index contributed by atoms with van der Waals surface area (Å²) in [5.74, 6) is -1.26. The van der Waals surface area contributed by atoms with Crippen molar-refractivity contribution < 1.29 is 8.78 Å². The number of rotatable bonds is 3. The van der Waals surface area contributed by atoms with Gasteiger partial charge in [0, 0.05) is 21.7 Å². The van der Waals surface area contributed by atoms with Gasteiger partial charge in [-0.25, -0.2) is 8.78 Å². The second kappa shape index (κ2) is 6.08. The molecule has 5 heteroatoms. The fourth-order valence-electron chi connectivity index (χ4n) is 2.04. The molecule has 0 heterocycles. The van der Waals surface area contributed by atoms with E-state index in [9.17, 15) is 8.78 Å². The molecule has 0 aliphatic heterocycles. The summed E-state index contributed by atoms with van der Waals surface area (Å²) in [7, 11) is 0. The van der Waals surface area contributed by atoms with Gasteiger partial charge in [0.2, 0.25) is 0 Å². The van der Waals surface area contributed by atoms with Gasteiger partial charge in [-0.3, -0.25) is 0 Å². The topological polar surface area (TPSA) is 26.0 Å². The highest BCUT2D eigenvalue weighted by Crippen LogP contribution is 2.28. The van der Waals surface area contributed by atoms with Gasteiger partial charge in [0.15, 0.2) is 0 Å². The third-order valence-corrected chi connectivity index (χ3v) is 3.73. The Labute approximate surface area is 126 Å². The van der Waals surface area contributed by atoms with Gasteiger partial charge in [-0.2, -0.15) is 0 Å². The zero-order valence-electron chi connectivity index (χ0n) is 10.8. The van der Waals surface area contributed by atoms with Gasteiger partial charge in [0.25, 0.3) is 0 Å². The van der Waals surface area contributed by atoms with Crippen LogP contribution in [0.25, 0.3) is 0 Å². The Morgan fingerprint density at radius 2 is 1.85 bits per heavy atom. The molecule has 1 nitrogen and oxygen atoms in total. The second-order valence-corrected chi connectivity index (χ2v) is 5.48. The molecular formula is C15H13Cl2F2N. The van der Waals surface area contributed by atoms with E-state index >= 15 is 0 Å². The van der Waals surface area contributed by atoms with E-state index in [4.69, 9.17) is 28.9 Å². The molecule has 2 N–H and O–H groups in total. The summed E-state index contributed by atoms with van der Waals surface area (Å²) >= 11 is 11.9. The van der Waals surface area contributed by atoms with Crippen molar-refractivity contribution in [2.75, 3.05) is 0 Å². The first kappa shape index (κ1) is 15.2. The van der Waals surface area contributed by atoms with Crippen molar-refractivity contribution in [3.63, 3.8) is 0 Å². The van der Waals surface area contributed by atoms with Crippen LogP contribution in [0.2, 0.25) is 10.0 Å². The van der Waals surface area contributed by atoms with Crippen LogP contribution in [0.4, 0.5) is 8.78 Å². The molecule has 0 bridgehead atoms. The molecule has 0 spiro atoms. The second-order valence-electron chi connectivity index (χ2n) is 4.64. The van der Waals surface area contributed by atoms with Crippen LogP contribution >= 0.6 is 23.2 Å². The summed E-state index contributed by atoms with van der Waals surface area (Å²) in [6, 6.07) is 6.74. The number of aryl methyl sites for hydroxylation is 1. The highest BCUT2D eigenvalue weighted by Gasteiger charge is 2.19. The molecular weight excluding hydrogens is 303 g/mol. The van der Waals surface area contributed by atoms with Crippen LogP contribution in [0.3, 0.4) is 0 Å². The molecule has 0 aliphatic rings. The number of benzene rings is 2. The summed E-state index contributed by atoms with van der Waals surface area (Å²) in [5, 5.41) is 0.932. The molecule has 1 unspecified atom stereocenters. The van der Waals surface area contributed by atoms with Crippen molar-refractivity contribution in [2.45, 2.75) is 19.4 Å². The lowest BCUT2D eigenvalue weighted by molar-refractivity contribution is 0.520. The lowest BCUT2D eigenvalue weighted by Crippen LogP contribution is -2.17. The average molecular weight is 316 g/mol. The number of hydrogen-bond acceptors (Lipinski definition) is 1. The number of nitrogens with two attached hydrogens (primary N) is 1. The van der Waals surface area contributed by atoms with Crippen LogP contribution < -0.4 is 5.73 Å². The molecule has 0 fully saturated rings. The van der Waals surface area contributed by atoms with Crippen molar-refractivity contribution in [1.82, 2.24) is 0 Å². The quantitative estimate of drug-likeness (QED) is 0.863. The van der Waals surface area contributed by atoms with E-state index in [1.165, 1.54) is 12.1 Å². The van der Waals surface area contributed by atoms with E-state index in [0.717, 1.165) is 0 Å². The van der Waals surface area contributed by atoms with Crippen molar-refractivity contribution >= 4 is 23.2 Å². The van der Waals surface area contributed by atoms with Gasteiger partial charge in [-0.15, -0.1) is 0 Å². The average Bonchev–Trinajstić information content (AvgIpc) is 2.38. The highest BCUT2D eigenvalue weighted by molar-refractivity contribution is 6.35. The zero-order chi connectivity index (χ0) is 14.9. The van der Waals surface area contributed by atoms with Gasteiger partial charge >= 0.3 is 0 Å². The monoisotopic (exact) mass is 315 g/mol. The Morgan fingerprint density at radius 3 is 2.50 bits per heavy atom. The lowest BCUT2D eigenvalue weighted by Gasteiger charge is -2.16. The van der Waals surface area contributed by atoms with Crippen molar-refractivity contribution in [3.8, 4) is 0 Å². The van der Waals surface area contributed by atoms with Gasteiger partial charge < -0.3 is 5.73 Å². The van der Waals surface area contributed by atoms with Crippen LogP contribution in [0.1, 0.15) is 22.7 Å². The fourth-order valence-corrected chi connectivity index (χ4v) is 2.53. The van der Waals surface area contributed by atoms with E-state index in [1.807, 2.05) is 0 Å². The van der Waals surface area contributed by atoms with Crippen molar-refractivity contribution in [3.05, 3.63) is 68.7 Å². The maximum Gasteiger partial charge on any atom is 0.133 e. The Balaban J connectivity index is 2.33. The normalized spacial score (nSPS) is 12.5. The third kappa shape index (κ3) is 3.11. The highest BCUT2D eigenvalue weighted by atomic mass is 35.5.